The number of benzene rings is 2. The third-order valence-corrected chi connectivity index (χ3v) is 9.32. The lowest BCUT2D eigenvalue weighted by molar-refractivity contribution is -0.141. The maximum absolute atomic E-state index is 14.1. The number of unbranched alkanes of at least 4 members (excludes halogenated alkanes) is 1. The Balaban J connectivity index is 1.84. The summed E-state index contributed by atoms with van der Waals surface area (Å²) in [6.07, 6.45) is 1.54. The number of aromatic amines is 1. The first-order valence-electron chi connectivity index (χ1n) is 19.3. The van der Waals surface area contributed by atoms with Crippen molar-refractivity contribution < 1.29 is 38.7 Å². The SMILES string of the molecule is CC(=O)N[C@@H](Cc1c(-c2ccccc2)[nH]c2ccccc12)C(=O)N[C@@H](CCCCN)C(=O)N[C@@H](CC(C)C)C(=O)N[C@H](C(=O)NCC(=O)N[C@@H](C)C(=O)O)C(C)C. The summed E-state index contributed by atoms with van der Waals surface area (Å²) < 4.78 is 0. The minimum atomic E-state index is -1.24. The van der Waals surface area contributed by atoms with E-state index in [4.69, 9.17) is 10.8 Å². The number of carbonyl (C=O) groups is 7. The molecule has 1 aromatic heterocycles. The van der Waals surface area contributed by atoms with Crippen molar-refractivity contribution in [3.63, 3.8) is 0 Å². The van der Waals surface area contributed by atoms with E-state index in [9.17, 15) is 33.6 Å². The zero-order valence-electron chi connectivity index (χ0n) is 33.6. The van der Waals surface area contributed by atoms with Crippen molar-refractivity contribution in [2.45, 2.75) is 104 Å². The Kier molecular flexibility index (Phi) is 17.7. The van der Waals surface area contributed by atoms with Crippen LogP contribution in [0.1, 0.15) is 72.8 Å². The second kappa shape index (κ2) is 22.1. The van der Waals surface area contributed by atoms with Crippen LogP contribution in [0.3, 0.4) is 0 Å². The molecule has 16 heteroatoms. The first-order chi connectivity index (χ1) is 27.0. The van der Waals surface area contributed by atoms with Crippen LogP contribution in [0.2, 0.25) is 0 Å². The number of carboxylic acid groups (broad SMARTS) is 1. The molecule has 6 amide bonds. The topological polar surface area (TPSA) is 254 Å². The van der Waals surface area contributed by atoms with E-state index in [2.05, 4.69) is 36.9 Å². The van der Waals surface area contributed by atoms with E-state index >= 15 is 0 Å². The number of rotatable bonds is 22. The van der Waals surface area contributed by atoms with Gasteiger partial charge in [-0.15, -0.1) is 0 Å². The number of aromatic nitrogens is 1. The maximum Gasteiger partial charge on any atom is 0.325 e. The standard InChI is InChI=1S/C41H58N8O8/c1-23(2)20-32(39(54)49-35(24(3)4)40(55)43-22-34(51)44-25(5)41(56)57)48-37(52)31(18-12-13-19-42)47-38(53)33(45-26(6)50)21-29-28-16-10-11-17-30(28)46-36(29)27-14-8-7-9-15-27/h7-11,14-17,23-25,31-33,35,46H,12-13,18-22,42H2,1-6H3,(H,43,55)(H,44,51)(H,45,50)(H,47,53)(H,48,52)(H,49,54)(H,56,57)/t25-,31-,32-,33-,35-/m0/s1. The van der Waals surface area contributed by atoms with Crippen LogP contribution in [-0.4, -0.2) is 94.8 Å². The van der Waals surface area contributed by atoms with Gasteiger partial charge in [0.25, 0.3) is 0 Å². The number of nitrogens with two attached hydrogens (primary N) is 1. The first-order valence-corrected chi connectivity index (χ1v) is 19.3. The molecule has 0 aliphatic carbocycles. The van der Waals surface area contributed by atoms with Gasteiger partial charge in [0.2, 0.25) is 35.4 Å². The summed E-state index contributed by atoms with van der Waals surface area (Å²) in [5, 5.41) is 25.7. The number of aliphatic carboxylic acids is 1. The van der Waals surface area contributed by atoms with Crippen molar-refractivity contribution in [1.29, 1.82) is 0 Å². The minimum absolute atomic E-state index is 0.0725. The lowest BCUT2D eigenvalue weighted by Gasteiger charge is -2.28. The summed E-state index contributed by atoms with van der Waals surface area (Å²) in [7, 11) is 0. The fourth-order valence-corrected chi connectivity index (χ4v) is 6.35. The highest BCUT2D eigenvalue weighted by Crippen LogP contribution is 2.31. The van der Waals surface area contributed by atoms with Crippen molar-refractivity contribution in [2.24, 2.45) is 17.6 Å². The van der Waals surface area contributed by atoms with E-state index < -0.39 is 84.1 Å². The summed E-state index contributed by atoms with van der Waals surface area (Å²) >= 11 is 0. The van der Waals surface area contributed by atoms with Gasteiger partial charge in [-0.05, 0) is 68.2 Å². The van der Waals surface area contributed by atoms with Gasteiger partial charge in [0.15, 0.2) is 0 Å². The summed E-state index contributed by atoms with van der Waals surface area (Å²) in [5.74, 6) is -5.45. The van der Waals surface area contributed by atoms with Crippen LogP contribution in [0.25, 0.3) is 22.2 Å². The van der Waals surface area contributed by atoms with E-state index in [1.54, 1.807) is 13.8 Å². The summed E-state index contributed by atoms with van der Waals surface area (Å²) in [6.45, 7) is 9.56. The highest BCUT2D eigenvalue weighted by atomic mass is 16.4. The first kappa shape index (κ1) is 45.6. The van der Waals surface area contributed by atoms with E-state index in [-0.39, 0.29) is 25.2 Å². The second-order valence-corrected chi connectivity index (χ2v) is 15.0. The van der Waals surface area contributed by atoms with Gasteiger partial charge < -0.3 is 47.7 Å². The lowest BCUT2D eigenvalue weighted by atomic mass is 9.97. The maximum atomic E-state index is 14.1. The van der Waals surface area contributed by atoms with Gasteiger partial charge in [-0.25, -0.2) is 0 Å². The fraction of sp³-hybridized carbons (Fsp3) is 0.488. The minimum Gasteiger partial charge on any atom is -0.480 e. The van der Waals surface area contributed by atoms with E-state index in [0.717, 1.165) is 27.7 Å². The van der Waals surface area contributed by atoms with Crippen molar-refractivity contribution in [3.8, 4) is 11.3 Å². The van der Waals surface area contributed by atoms with Gasteiger partial charge in [-0.1, -0.05) is 76.2 Å². The molecular weight excluding hydrogens is 732 g/mol. The number of amides is 6. The number of H-pyrrole nitrogens is 1. The number of nitrogens with one attached hydrogen (secondary N) is 7. The number of fused-ring (bicyclic) bond motifs is 1. The number of hydrogen-bond acceptors (Lipinski definition) is 8. The molecule has 16 nitrogen and oxygen atoms in total. The number of carboxylic acids is 1. The van der Waals surface area contributed by atoms with E-state index in [0.29, 0.717) is 19.4 Å². The van der Waals surface area contributed by atoms with Crippen molar-refractivity contribution in [2.75, 3.05) is 13.1 Å². The van der Waals surface area contributed by atoms with Crippen LogP contribution in [0.5, 0.6) is 0 Å². The van der Waals surface area contributed by atoms with Crippen LogP contribution in [-0.2, 0) is 40.0 Å². The zero-order valence-corrected chi connectivity index (χ0v) is 33.6. The third kappa shape index (κ3) is 14.0. The van der Waals surface area contributed by atoms with Crippen molar-refractivity contribution >= 4 is 52.3 Å². The molecule has 57 heavy (non-hydrogen) atoms. The Labute approximate surface area is 333 Å². The molecule has 3 aromatic rings. The molecule has 0 unspecified atom stereocenters. The molecule has 3 rings (SSSR count). The predicted octanol–water partition coefficient (Wildman–Crippen LogP) is 1.87. The highest BCUT2D eigenvalue weighted by Gasteiger charge is 2.33. The van der Waals surface area contributed by atoms with Crippen LogP contribution in [0, 0.1) is 11.8 Å². The molecule has 0 spiro atoms. The van der Waals surface area contributed by atoms with Gasteiger partial charge in [0.05, 0.1) is 6.54 Å². The average Bonchev–Trinajstić information content (AvgIpc) is 3.52. The smallest absolute Gasteiger partial charge is 0.325 e. The summed E-state index contributed by atoms with van der Waals surface area (Å²) in [4.78, 5) is 94.2. The van der Waals surface area contributed by atoms with Crippen LogP contribution >= 0.6 is 0 Å². The highest BCUT2D eigenvalue weighted by molar-refractivity contribution is 5.97. The molecule has 1 heterocycles. The molecule has 0 fully saturated rings. The van der Waals surface area contributed by atoms with Crippen LogP contribution < -0.4 is 37.6 Å². The monoisotopic (exact) mass is 790 g/mol. The Bertz CT molecular complexity index is 1860. The molecule has 0 bridgehead atoms. The molecular formula is C41H58N8O8. The average molecular weight is 791 g/mol. The normalized spacial score (nSPS) is 13.8. The van der Waals surface area contributed by atoms with Crippen LogP contribution in [0.15, 0.2) is 54.6 Å². The zero-order chi connectivity index (χ0) is 42.2. The Hall–Kier alpha value is -5.77. The number of hydrogen-bond donors (Lipinski definition) is 9. The van der Waals surface area contributed by atoms with Crippen molar-refractivity contribution in [1.82, 2.24) is 36.9 Å². The number of para-hydroxylation sites is 1. The molecule has 0 saturated heterocycles. The van der Waals surface area contributed by atoms with Gasteiger partial charge in [0.1, 0.15) is 30.2 Å². The molecule has 0 aliphatic rings. The summed E-state index contributed by atoms with van der Waals surface area (Å²) in [6, 6.07) is 11.7. The quantitative estimate of drug-likeness (QED) is 0.0673. The largest absolute Gasteiger partial charge is 0.480 e. The fourth-order valence-electron chi connectivity index (χ4n) is 6.35. The Morgan fingerprint density at radius 3 is 1.95 bits per heavy atom. The predicted molar refractivity (Wildman–Crippen MR) is 216 cm³/mol. The van der Waals surface area contributed by atoms with E-state index in [1.807, 2.05) is 68.4 Å². The Morgan fingerprint density at radius 2 is 1.33 bits per heavy atom. The van der Waals surface area contributed by atoms with Gasteiger partial charge >= 0.3 is 5.97 Å². The Morgan fingerprint density at radius 1 is 0.719 bits per heavy atom. The number of carbonyl (C=O) groups excluding carboxylic acids is 6. The van der Waals surface area contributed by atoms with Gasteiger partial charge in [-0.3, -0.25) is 33.6 Å². The second-order valence-electron chi connectivity index (χ2n) is 15.0. The molecule has 0 saturated carbocycles. The molecule has 10 N–H and O–H groups in total. The molecule has 310 valence electrons. The van der Waals surface area contributed by atoms with Gasteiger partial charge in [0, 0.05) is 29.9 Å². The molecule has 2 aromatic carbocycles. The van der Waals surface area contributed by atoms with E-state index in [1.165, 1.54) is 13.8 Å². The molecule has 5 atom stereocenters. The van der Waals surface area contributed by atoms with Crippen LogP contribution in [0.4, 0.5) is 0 Å². The van der Waals surface area contributed by atoms with Gasteiger partial charge in [-0.2, -0.15) is 0 Å². The lowest BCUT2D eigenvalue weighted by Crippen LogP contribution is -2.59. The molecule has 0 aliphatic heterocycles. The molecule has 0 radical (unpaired) electrons. The summed E-state index contributed by atoms with van der Waals surface area (Å²) in [5.41, 5.74) is 9.11. The third-order valence-electron chi connectivity index (χ3n) is 9.32. The van der Waals surface area contributed by atoms with Crippen molar-refractivity contribution in [3.05, 3.63) is 60.2 Å².